The van der Waals surface area contributed by atoms with E-state index in [0.717, 1.165) is 36.8 Å². The van der Waals surface area contributed by atoms with Crippen LogP contribution in [0.2, 0.25) is 0 Å². The number of pyridine rings is 1. The minimum Gasteiger partial charge on any atom is -0.478 e. The first-order valence-corrected chi connectivity index (χ1v) is 9.77. The van der Waals surface area contributed by atoms with Crippen LogP contribution in [0.1, 0.15) is 40.7 Å². The molecule has 0 amide bonds. The van der Waals surface area contributed by atoms with Crippen LogP contribution in [-0.4, -0.2) is 33.4 Å². The van der Waals surface area contributed by atoms with E-state index in [2.05, 4.69) is 11.6 Å². The minimum atomic E-state index is -1.17. The van der Waals surface area contributed by atoms with Gasteiger partial charge in [0, 0.05) is 23.9 Å². The van der Waals surface area contributed by atoms with Gasteiger partial charge in [-0.2, -0.15) is 0 Å². The Hall–Kier alpha value is -2.50. The number of carboxylic acid groups (broad SMARTS) is 1. The topological polar surface area (TPSA) is 79.7 Å². The van der Waals surface area contributed by atoms with Crippen molar-refractivity contribution in [1.82, 2.24) is 4.98 Å². The fourth-order valence-electron chi connectivity index (χ4n) is 4.94. The highest BCUT2D eigenvalue weighted by Crippen LogP contribution is 2.53. The zero-order chi connectivity index (χ0) is 19.7. The maximum atomic E-state index is 11.6. The summed E-state index contributed by atoms with van der Waals surface area (Å²) in [4.78, 5) is 15.2. The van der Waals surface area contributed by atoms with E-state index in [1.54, 1.807) is 30.6 Å². The molecule has 0 saturated carbocycles. The average molecular weight is 379 g/mol. The molecule has 1 aromatic carbocycles. The standard InChI is InChI=1S/C23H25NO4/c1-2-23(27,17-4-3-13-24-14-17)21-18(19-11-12-20(21)28-19)10-7-15-5-8-16(9-6-15)22(25)26/h2-6,8-9,13-14,18-21,27H,1,7,10-12H2,(H,25,26)/t18-,19-,20+,21+,23?/m1/s1. The maximum Gasteiger partial charge on any atom is 0.335 e. The van der Waals surface area contributed by atoms with Gasteiger partial charge in [-0.15, -0.1) is 0 Å². The van der Waals surface area contributed by atoms with Gasteiger partial charge in [-0.1, -0.05) is 30.9 Å². The molecule has 1 aromatic heterocycles. The molecule has 5 atom stereocenters. The number of carboxylic acids is 1. The zero-order valence-corrected chi connectivity index (χ0v) is 15.7. The average Bonchev–Trinajstić information content (AvgIpc) is 3.34. The molecule has 2 aromatic rings. The Bertz CT molecular complexity index is 851. The number of benzene rings is 1. The van der Waals surface area contributed by atoms with Crippen molar-refractivity contribution in [1.29, 1.82) is 0 Å². The number of hydrogen-bond donors (Lipinski definition) is 2. The molecule has 4 rings (SSSR count). The number of carbonyl (C=O) groups is 1. The fourth-order valence-corrected chi connectivity index (χ4v) is 4.94. The number of aromatic nitrogens is 1. The minimum absolute atomic E-state index is 0.0209. The van der Waals surface area contributed by atoms with Gasteiger partial charge in [-0.3, -0.25) is 4.98 Å². The SMILES string of the molecule is C=CC(O)(c1cccnc1)[C@H]1[C@H](CCc2ccc(C(=O)O)cc2)[C@H]2CC[C@@H]1O2. The molecule has 2 aliphatic heterocycles. The fraction of sp³-hybridized carbons (Fsp3) is 0.391. The number of aliphatic hydroxyl groups is 1. The Balaban J connectivity index is 1.55. The molecule has 3 heterocycles. The van der Waals surface area contributed by atoms with Gasteiger partial charge in [0.2, 0.25) is 0 Å². The summed E-state index contributed by atoms with van der Waals surface area (Å²) in [5.41, 5.74) is 0.964. The molecule has 0 aliphatic carbocycles. The summed E-state index contributed by atoms with van der Waals surface area (Å²) in [5.74, 6) is -0.770. The Kier molecular flexibility index (Phi) is 5.04. The lowest BCUT2D eigenvalue weighted by Gasteiger charge is -2.39. The number of hydrogen-bond acceptors (Lipinski definition) is 4. The summed E-state index contributed by atoms with van der Waals surface area (Å²) in [5, 5.41) is 20.6. The lowest BCUT2D eigenvalue weighted by Crippen LogP contribution is -2.44. The summed E-state index contributed by atoms with van der Waals surface area (Å²) in [6.45, 7) is 3.93. The maximum absolute atomic E-state index is 11.6. The van der Waals surface area contributed by atoms with Crippen molar-refractivity contribution in [2.75, 3.05) is 0 Å². The molecule has 2 saturated heterocycles. The zero-order valence-electron chi connectivity index (χ0n) is 15.7. The quantitative estimate of drug-likeness (QED) is 0.719. The van der Waals surface area contributed by atoms with E-state index in [9.17, 15) is 9.90 Å². The van der Waals surface area contributed by atoms with Gasteiger partial charge in [-0.05, 0) is 55.4 Å². The first-order chi connectivity index (χ1) is 13.5. The monoisotopic (exact) mass is 379 g/mol. The number of rotatable bonds is 7. The molecular weight excluding hydrogens is 354 g/mol. The number of ether oxygens (including phenoxy) is 1. The second-order valence-corrected chi connectivity index (χ2v) is 7.79. The van der Waals surface area contributed by atoms with Crippen LogP contribution < -0.4 is 0 Å². The van der Waals surface area contributed by atoms with E-state index in [1.807, 2.05) is 24.3 Å². The van der Waals surface area contributed by atoms with E-state index in [0.29, 0.717) is 5.56 Å². The smallest absolute Gasteiger partial charge is 0.335 e. The summed E-state index contributed by atoms with van der Waals surface area (Å²) in [6, 6.07) is 10.7. The molecule has 146 valence electrons. The van der Waals surface area contributed by atoms with Gasteiger partial charge < -0.3 is 14.9 Å². The highest BCUT2D eigenvalue weighted by Gasteiger charge is 2.56. The summed E-state index contributed by atoms with van der Waals surface area (Å²) in [6.07, 6.45) is 8.86. The third kappa shape index (κ3) is 3.25. The highest BCUT2D eigenvalue weighted by atomic mass is 16.5. The first-order valence-electron chi connectivity index (χ1n) is 9.77. The molecule has 28 heavy (non-hydrogen) atoms. The third-order valence-corrected chi connectivity index (χ3v) is 6.34. The molecule has 1 unspecified atom stereocenters. The molecule has 2 fully saturated rings. The van der Waals surface area contributed by atoms with Crippen LogP contribution in [0.15, 0.2) is 61.4 Å². The van der Waals surface area contributed by atoms with Crippen LogP contribution in [0.25, 0.3) is 0 Å². The van der Waals surface area contributed by atoms with Crippen molar-refractivity contribution >= 4 is 5.97 Å². The summed E-state index contributed by atoms with van der Waals surface area (Å²) >= 11 is 0. The predicted molar refractivity (Wildman–Crippen MR) is 105 cm³/mol. The third-order valence-electron chi connectivity index (χ3n) is 6.34. The number of aromatic carboxylic acids is 1. The van der Waals surface area contributed by atoms with E-state index in [-0.39, 0.29) is 24.0 Å². The lowest BCUT2D eigenvalue weighted by atomic mass is 9.66. The van der Waals surface area contributed by atoms with Crippen molar-refractivity contribution < 1.29 is 19.7 Å². The van der Waals surface area contributed by atoms with Crippen LogP contribution in [0.5, 0.6) is 0 Å². The van der Waals surface area contributed by atoms with Crippen LogP contribution in [-0.2, 0) is 16.8 Å². The second kappa shape index (κ2) is 7.49. The molecule has 5 nitrogen and oxygen atoms in total. The van der Waals surface area contributed by atoms with E-state index in [1.165, 1.54) is 0 Å². The number of nitrogens with zero attached hydrogens (tertiary/aromatic N) is 1. The lowest BCUT2D eigenvalue weighted by molar-refractivity contribution is -0.0253. The molecule has 0 radical (unpaired) electrons. The van der Waals surface area contributed by atoms with Crippen molar-refractivity contribution in [3.8, 4) is 0 Å². The number of aryl methyl sites for hydroxylation is 1. The Morgan fingerprint density at radius 1 is 1.25 bits per heavy atom. The molecule has 2 aliphatic rings. The first kappa shape index (κ1) is 18.8. The van der Waals surface area contributed by atoms with Crippen LogP contribution >= 0.6 is 0 Å². The summed E-state index contributed by atoms with van der Waals surface area (Å²) in [7, 11) is 0. The van der Waals surface area contributed by atoms with Gasteiger partial charge in [-0.25, -0.2) is 4.79 Å². The van der Waals surface area contributed by atoms with Gasteiger partial charge in [0.25, 0.3) is 0 Å². The molecular formula is C23H25NO4. The van der Waals surface area contributed by atoms with Crippen molar-refractivity contribution in [3.63, 3.8) is 0 Å². The van der Waals surface area contributed by atoms with Gasteiger partial charge >= 0.3 is 5.97 Å². The predicted octanol–water partition coefficient (Wildman–Crippen LogP) is 3.58. The Morgan fingerprint density at radius 2 is 2.00 bits per heavy atom. The molecule has 5 heteroatoms. The van der Waals surface area contributed by atoms with Crippen LogP contribution in [0.3, 0.4) is 0 Å². The summed E-state index contributed by atoms with van der Waals surface area (Å²) < 4.78 is 6.20. The van der Waals surface area contributed by atoms with Crippen molar-refractivity contribution in [3.05, 3.63) is 78.1 Å². The molecule has 2 N–H and O–H groups in total. The van der Waals surface area contributed by atoms with Crippen molar-refractivity contribution in [2.45, 2.75) is 43.5 Å². The van der Waals surface area contributed by atoms with Crippen LogP contribution in [0.4, 0.5) is 0 Å². The normalized spacial score (nSPS) is 28.0. The van der Waals surface area contributed by atoms with Gasteiger partial charge in [0.05, 0.1) is 17.8 Å². The van der Waals surface area contributed by atoms with Gasteiger partial charge in [0.1, 0.15) is 5.60 Å². The van der Waals surface area contributed by atoms with E-state index < -0.39 is 11.6 Å². The number of fused-ring (bicyclic) bond motifs is 2. The second-order valence-electron chi connectivity index (χ2n) is 7.79. The molecule has 2 bridgehead atoms. The largest absolute Gasteiger partial charge is 0.478 e. The van der Waals surface area contributed by atoms with E-state index in [4.69, 9.17) is 9.84 Å². The van der Waals surface area contributed by atoms with Crippen LogP contribution in [0, 0.1) is 11.8 Å². The highest BCUT2D eigenvalue weighted by molar-refractivity contribution is 5.87. The molecule has 0 spiro atoms. The van der Waals surface area contributed by atoms with E-state index >= 15 is 0 Å². The Labute approximate surface area is 164 Å². The van der Waals surface area contributed by atoms with Crippen molar-refractivity contribution in [2.24, 2.45) is 11.8 Å². The van der Waals surface area contributed by atoms with Gasteiger partial charge in [0.15, 0.2) is 0 Å². The Morgan fingerprint density at radius 3 is 2.64 bits per heavy atom.